The van der Waals surface area contributed by atoms with E-state index in [0.29, 0.717) is 25.7 Å². The maximum absolute atomic E-state index is 5.93. The van der Waals surface area contributed by atoms with Crippen LogP contribution in [0.5, 0.6) is 5.75 Å². The molecule has 0 unspecified atom stereocenters. The van der Waals surface area contributed by atoms with Gasteiger partial charge in [-0.15, -0.1) is 0 Å². The molecule has 2 N–H and O–H groups in total. The summed E-state index contributed by atoms with van der Waals surface area (Å²) in [7, 11) is 1.67. The maximum atomic E-state index is 5.93. The summed E-state index contributed by atoms with van der Waals surface area (Å²) in [4.78, 5) is 4.38. The van der Waals surface area contributed by atoms with Gasteiger partial charge in [-0.25, -0.2) is 4.98 Å². The number of anilines is 1. The summed E-state index contributed by atoms with van der Waals surface area (Å²) < 4.78 is 12.7. The molecule has 2 aromatic rings. The van der Waals surface area contributed by atoms with E-state index < -0.39 is 0 Å². The Bertz CT molecular complexity index is 522. The first-order valence-corrected chi connectivity index (χ1v) is 6.14. The molecule has 0 radical (unpaired) electrons. The van der Waals surface area contributed by atoms with Crippen LogP contribution >= 0.6 is 0 Å². The van der Waals surface area contributed by atoms with Gasteiger partial charge in [-0.3, -0.25) is 0 Å². The van der Waals surface area contributed by atoms with Crippen LogP contribution in [0.25, 0.3) is 11.0 Å². The largest absolute Gasteiger partial charge is 0.491 e. The lowest BCUT2D eigenvalue weighted by Gasteiger charge is -2.07. The molecule has 5 nitrogen and oxygen atoms in total. The van der Waals surface area contributed by atoms with Crippen LogP contribution in [0.4, 0.5) is 5.95 Å². The summed E-state index contributed by atoms with van der Waals surface area (Å²) in [5, 5.41) is 0. The summed E-state index contributed by atoms with van der Waals surface area (Å²) >= 11 is 0. The minimum atomic E-state index is 0.495. The average Bonchev–Trinajstić information content (AvgIpc) is 2.70. The summed E-state index contributed by atoms with van der Waals surface area (Å²) in [5.74, 6) is 1.28. The molecule has 0 spiro atoms. The van der Waals surface area contributed by atoms with E-state index in [1.54, 1.807) is 7.11 Å². The van der Waals surface area contributed by atoms with Crippen LogP contribution in [-0.4, -0.2) is 29.9 Å². The quantitative estimate of drug-likeness (QED) is 0.851. The lowest BCUT2D eigenvalue weighted by Crippen LogP contribution is -2.07. The van der Waals surface area contributed by atoms with E-state index in [0.717, 1.165) is 23.2 Å². The number of rotatable bonds is 6. The van der Waals surface area contributed by atoms with Gasteiger partial charge in [-0.1, -0.05) is 13.0 Å². The fourth-order valence-electron chi connectivity index (χ4n) is 1.89. The summed E-state index contributed by atoms with van der Waals surface area (Å²) in [6.07, 6.45) is 0.969. The topological polar surface area (TPSA) is 62.3 Å². The van der Waals surface area contributed by atoms with E-state index in [1.165, 1.54) is 0 Å². The van der Waals surface area contributed by atoms with Crippen molar-refractivity contribution in [3.63, 3.8) is 0 Å². The van der Waals surface area contributed by atoms with Crippen molar-refractivity contribution in [2.75, 3.05) is 26.1 Å². The lowest BCUT2D eigenvalue weighted by atomic mass is 10.3. The van der Waals surface area contributed by atoms with E-state index in [-0.39, 0.29) is 0 Å². The molecule has 98 valence electrons. The number of nitrogen functional groups attached to an aromatic ring is 1. The second kappa shape index (κ2) is 5.73. The molecule has 0 aliphatic heterocycles. The van der Waals surface area contributed by atoms with Crippen molar-refractivity contribution < 1.29 is 9.47 Å². The van der Waals surface area contributed by atoms with Crippen molar-refractivity contribution in [2.45, 2.75) is 19.9 Å². The van der Waals surface area contributed by atoms with Gasteiger partial charge in [0.15, 0.2) is 0 Å². The second-order valence-corrected chi connectivity index (χ2v) is 4.09. The van der Waals surface area contributed by atoms with Gasteiger partial charge in [0.25, 0.3) is 0 Å². The molecular formula is C13H19N3O2. The minimum Gasteiger partial charge on any atom is -0.491 e. The van der Waals surface area contributed by atoms with E-state index in [4.69, 9.17) is 15.2 Å². The Balaban J connectivity index is 2.39. The van der Waals surface area contributed by atoms with Crippen LogP contribution in [0.15, 0.2) is 18.2 Å². The van der Waals surface area contributed by atoms with Gasteiger partial charge in [0.05, 0.1) is 18.7 Å². The Morgan fingerprint density at radius 1 is 1.33 bits per heavy atom. The van der Waals surface area contributed by atoms with Crippen LogP contribution in [0.2, 0.25) is 0 Å². The van der Waals surface area contributed by atoms with E-state index in [9.17, 15) is 0 Å². The molecule has 1 aromatic carbocycles. The Morgan fingerprint density at radius 2 is 2.17 bits per heavy atom. The molecule has 0 bridgehead atoms. The number of hydrogen-bond acceptors (Lipinski definition) is 4. The number of benzene rings is 1. The molecule has 0 saturated heterocycles. The number of fused-ring (bicyclic) bond motifs is 1. The summed E-state index contributed by atoms with van der Waals surface area (Å²) in [5.41, 5.74) is 7.74. The number of nitrogens with two attached hydrogens (primary N) is 1. The van der Waals surface area contributed by atoms with Crippen LogP contribution in [-0.2, 0) is 11.3 Å². The van der Waals surface area contributed by atoms with Crippen molar-refractivity contribution in [2.24, 2.45) is 0 Å². The van der Waals surface area contributed by atoms with E-state index in [2.05, 4.69) is 11.9 Å². The molecule has 0 aliphatic rings. The molecule has 0 aliphatic carbocycles. The predicted octanol–water partition coefficient (Wildman–Crippen LogP) is 2.05. The third-order valence-electron chi connectivity index (χ3n) is 2.75. The molecule has 2 rings (SSSR count). The highest BCUT2D eigenvalue weighted by Crippen LogP contribution is 2.27. The number of hydrogen-bond donors (Lipinski definition) is 1. The van der Waals surface area contributed by atoms with Crippen LogP contribution in [0.3, 0.4) is 0 Å². The normalized spacial score (nSPS) is 11.0. The number of imidazole rings is 1. The van der Waals surface area contributed by atoms with Gasteiger partial charge in [-0.05, 0) is 18.6 Å². The van der Waals surface area contributed by atoms with Gasteiger partial charge >= 0.3 is 0 Å². The summed E-state index contributed by atoms with van der Waals surface area (Å²) in [6.45, 7) is 4.06. The third-order valence-corrected chi connectivity index (χ3v) is 2.75. The molecule has 1 aromatic heterocycles. The first-order valence-electron chi connectivity index (χ1n) is 6.14. The number of para-hydroxylation sites is 1. The first-order chi connectivity index (χ1) is 8.77. The molecule has 0 saturated carbocycles. The summed E-state index contributed by atoms with van der Waals surface area (Å²) in [6, 6.07) is 5.87. The molecule has 0 atom stereocenters. The molecule has 0 amide bonds. The molecule has 0 fully saturated rings. The molecule has 1 heterocycles. The van der Waals surface area contributed by atoms with Crippen LogP contribution in [0.1, 0.15) is 13.3 Å². The van der Waals surface area contributed by atoms with Gasteiger partial charge in [0.1, 0.15) is 11.3 Å². The first kappa shape index (κ1) is 12.7. The molecule has 5 heteroatoms. The Labute approximate surface area is 107 Å². The van der Waals surface area contributed by atoms with Gasteiger partial charge in [0, 0.05) is 13.7 Å². The highest BCUT2D eigenvalue weighted by atomic mass is 16.5. The van der Waals surface area contributed by atoms with Gasteiger partial charge < -0.3 is 19.8 Å². The van der Waals surface area contributed by atoms with Crippen LogP contribution < -0.4 is 10.5 Å². The fourth-order valence-corrected chi connectivity index (χ4v) is 1.89. The highest BCUT2D eigenvalue weighted by Gasteiger charge is 2.11. The smallest absolute Gasteiger partial charge is 0.201 e. The Morgan fingerprint density at radius 3 is 2.89 bits per heavy atom. The van der Waals surface area contributed by atoms with Crippen molar-refractivity contribution in [1.29, 1.82) is 0 Å². The third kappa shape index (κ3) is 2.41. The highest BCUT2D eigenvalue weighted by molar-refractivity contribution is 5.84. The monoisotopic (exact) mass is 249 g/mol. The van der Waals surface area contributed by atoms with Gasteiger partial charge in [0.2, 0.25) is 5.95 Å². The Hall–Kier alpha value is -1.75. The van der Waals surface area contributed by atoms with Crippen molar-refractivity contribution in [1.82, 2.24) is 9.55 Å². The van der Waals surface area contributed by atoms with Crippen LogP contribution in [0, 0.1) is 0 Å². The fraction of sp³-hybridized carbons (Fsp3) is 0.462. The van der Waals surface area contributed by atoms with E-state index in [1.807, 2.05) is 22.8 Å². The number of methoxy groups -OCH3 is 1. The SMILES string of the molecule is CCCOc1cccc2c1nc(N)n2CCOC. The van der Waals surface area contributed by atoms with Crippen molar-refractivity contribution >= 4 is 17.0 Å². The molecular weight excluding hydrogens is 230 g/mol. The Kier molecular flexibility index (Phi) is 4.04. The number of aromatic nitrogens is 2. The average molecular weight is 249 g/mol. The van der Waals surface area contributed by atoms with E-state index >= 15 is 0 Å². The number of ether oxygens (including phenoxy) is 2. The van der Waals surface area contributed by atoms with Crippen molar-refractivity contribution in [3.05, 3.63) is 18.2 Å². The van der Waals surface area contributed by atoms with Crippen molar-refractivity contribution in [3.8, 4) is 5.75 Å². The minimum absolute atomic E-state index is 0.495. The lowest BCUT2D eigenvalue weighted by molar-refractivity contribution is 0.189. The zero-order valence-corrected chi connectivity index (χ0v) is 10.8. The second-order valence-electron chi connectivity index (χ2n) is 4.09. The van der Waals surface area contributed by atoms with Gasteiger partial charge in [-0.2, -0.15) is 0 Å². The predicted molar refractivity (Wildman–Crippen MR) is 71.8 cm³/mol. The standard InChI is InChI=1S/C13H19N3O2/c1-3-8-18-11-6-4-5-10-12(11)15-13(14)16(10)7-9-17-2/h4-6H,3,7-9H2,1-2H3,(H2,14,15). The number of nitrogens with zero attached hydrogens (tertiary/aromatic N) is 2. The maximum Gasteiger partial charge on any atom is 0.201 e. The zero-order chi connectivity index (χ0) is 13.0. The molecule has 18 heavy (non-hydrogen) atoms. The zero-order valence-electron chi connectivity index (χ0n) is 10.8.